The van der Waals surface area contributed by atoms with E-state index in [1.807, 2.05) is 13.8 Å². The predicted molar refractivity (Wildman–Crippen MR) is 130 cm³/mol. The summed E-state index contributed by atoms with van der Waals surface area (Å²) in [5, 5.41) is 2.84. The molecule has 10 heteroatoms. The zero-order chi connectivity index (χ0) is 24.1. The summed E-state index contributed by atoms with van der Waals surface area (Å²) in [5.74, 6) is -0.267. The standard InChI is InChI=1S/C23H31N3O5S2/c1-3-4-17-32(28,29)26-15-13-19(14-16-26)23(27)24-20-7-9-21(10-8-20)25-33(30,31)22-11-5-18(2)6-12-22/h5-12,19,25H,3-4,13-17H2,1-2H3,(H,24,27). The Bertz CT molecular complexity index is 1150. The number of unbranched alkanes of at least 4 members (excludes halogenated alkanes) is 1. The van der Waals surface area contributed by atoms with E-state index in [1.165, 1.54) is 4.31 Å². The van der Waals surface area contributed by atoms with Crippen LogP contribution in [0.25, 0.3) is 0 Å². The van der Waals surface area contributed by atoms with Crippen molar-refractivity contribution in [1.29, 1.82) is 0 Å². The van der Waals surface area contributed by atoms with Crippen LogP contribution in [0.2, 0.25) is 0 Å². The Balaban J connectivity index is 1.54. The van der Waals surface area contributed by atoms with E-state index in [-0.39, 0.29) is 22.5 Å². The molecule has 1 fully saturated rings. The van der Waals surface area contributed by atoms with E-state index < -0.39 is 20.0 Å². The number of piperidine rings is 1. The van der Waals surface area contributed by atoms with Crippen molar-refractivity contribution in [3.8, 4) is 0 Å². The molecular formula is C23H31N3O5S2. The summed E-state index contributed by atoms with van der Waals surface area (Å²) in [4.78, 5) is 12.8. The van der Waals surface area contributed by atoms with Crippen molar-refractivity contribution in [1.82, 2.24) is 4.31 Å². The maximum atomic E-state index is 12.6. The summed E-state index contributed by atoms with van der Waals surface area (Å²) < 4.78 is 53.7. The Hall–Kier alpha value is -2.43. The number of benzene rings is 2. The summed E-state index contributed by atoms with van der Waals surface area (Å²) in [6, 6.07) is 13.0. The minimum atomic E-state index is -3.70. The second kappa shape index (κ2) is 10.7. The van der Waals surface area contributed by atoms with Gasteiger partial charge in [-0.15, -0.1) is 0 Å². The van der Waals surface area contributed by atoms with Crippen molar-refractivity contribution in [3.63, 3.8) is 0 Å². The summed E-state index contributed by atoms with van der Waals surface area (Å²) >= 11 is 0. The second-order valence-electron chi connectivity index (χ2n) is 8.33. The minimum Gasteiger partial charge on any atom is -0.326 e. The lowest BCUT2D eigenvalue weighted by Crippen LogP contribution is -2.42. The first-order chi connectivity index (χ1) is 15.6. The van der Waals surface area contributed by atoms with E-state index in [0.717, 1.165) is 12.0 Å². The molecule has 0 radical (unpaired) electrons. The van der Waals surface area contributed by atoms with Gasteiger partial charge in [-0.25, -0.2) is 21.1 Å². The van der Waals surface area contributed by atoms with Crippen LogP contribution >= 0.6 is 0 Å². The number of hydrogen-bond donors (Lipinski definition) is 2. The minimum absolute atomic E-state index is 0.153. The number of sulfonamides is 2. The van der Waals surface area contributed by atoms with Crippen LogP contribution < -0.4 is 10.0 Å². The van der Waals surface area contributed by atoms with Crippen molar-refractivity contribution in [2.24, 2.45) is 5.92 Å². The van der Waals surface area contributed by atoms with Gasteiger partial charge in [0.15, 0.2) is 0 Å². The number of carbonyl (C=O) groups is 1. The molecule has 3 rings (SSSR count). The van der Waals surface area contributed by atoms with Gasteiger partial charge in [0.25, 0.3) is 10.0 Å². The van der Waals surface area contributed by atoms with Crippen LogP contribution in [-0.2, 0) is 24.8 Å². The molecule has 2 N–H and O–H groups in total. The molecule has 0 spiro atoms. The Morgan fingerprint density at radius 1 is 0.939 bits per heavy atom. The molecule has 1 aliphatic heterocycles. The highest BCUT2D eigenvalue weighted by molar-refractivity contribution is 7.92. The number of amides is 1. The van der Waals surface area contributed by atoms with Gasteiger partial charge in [0.2, 0.25) is 15.9 Å². The Labute approximate surface area is 196 Å². The largest absolute Gasteiger partial charge is 0.326 e. The number of rotatable bonds is 9. The van der Waals surface area contributed by atoms with E-state index >= 15 is 0 Å². The number of aryl methyl sites for hydroxylation is 1. The number of hydrogen-bond acceptors (Lipinski definition) is 5. The van der Waals surface area contributed by atoms with Gasteiger partial charge in [0.05, 0.1) is 10.6 Å². The van der Waals surface area contributed by atoms with E-state index in [4.69, 9.17) is 0 Å². The zero-order valence-corrected chi connectivity index (χ0v) is 20.6. The van der Waals surface area contributed by atoms with Crippen LogP contribution in [0, 0.1) is 12.8 Å². The normalized spacial score (nSPS) is 15.8. The van der Waals surface area contributed by atoms with Crippen molar-refractivity contribution in [2.75, 3.05) is 28.9 Å². The summed E-state index contributed by atoms with van der Waals surface area (Å²) in [6.45, 7) is 4.54. The van der Waals surface area contributed by atoms with Gasteiger partial charge >= 0.3 is 0 Å². The lowest BCUT2D eigenvalue weighted by molar-refractivity contribution is -0.120. The van der Waals surface area contributed by atoms with Gasteiger partial charge < -0.3 is 5.32 Å². The highest BCUT2D eigenvalue weighted by Crippen LogP contribution is 2.23. The number of anilines is 2. The summed E-state index contributed by atoms with van der Waals surface area (Å²) in [5.41, 5.74) is 1.91. The molecule has 1 aliphatic rings. The van der Waals surface area contributed by atoms with Crippen LogP contribution in [0.3, 0.4) is 0 Å². The Morgan fingerprint density at radius 3 is 2.09 bits per heavy atom. The fourth-order valence-electron chi connectivity index (χ4n) is 3.65. The lowest BCUT2D eigenvalue weighted by Gasteiger charge is -2.30. The molecule has 2 aromatic carbocycles. The first kappa shape index (κ1) is 25.2. The van der Waals surface area contributed by atoms with Gasteiger partial charge in [-0.3, -0.25) is 9.52 Å². The third kappa shape index (κ3) is 6.78. The molecule has 0 atom stereocenters. The second-order valence-corrected chi connectivity index (χ2v) is 12.1. The average Bonchev–Trinajstić information content (AvgIpc) is 2.79. The van der Waals surface area contributed by atoms with Crippen LogP contribution in [0.4, 0.5) is 11.4 Å². The number of nitrogens with zero attached hydrogens (tertiary/aromatic N) is 1. The average molecular weight is 494 g/mol. The third-order valence-electron chi connectivity index (χ3n) is 5.71. The van der Waals surface area contributed by atoms with Gasteiger partial charge in [-0.2, -0.15) is 0 Å². The molecular weight excluding hydrogens is 462 g/mol. The zero-order valence-electron chi connectivity index (χ0n) is 19.0. The number of carbonyl (C=O) groups excluding carboxylic acids is 1. The smallest absolute Gasteiger partial charge is 0.261 e. The monoisotopic (exact) mass is 493 g/mol. The van der Waals surface area contributed by atoms with Crippen molar-refractivity contribution >= 4 is 37.3 Å². The Kier molecular flexibility index (Phi) is 8.14. The molecule has 1 saturated heterocycles. The van der Waals surface area contributed by atoms with Crippen molar-refractivity contribution in [2.45, 2.75) is 44.4 Å². The SMILES string of the molecule is CCCCS(=O)(=O)N1CCC(C(=O)Nc2ccc(NS(=O)(=O)c3ccc(C)cc3)cc2)CC1. The topological polar surface area (TPSA) is 113 Å². The predicted octanol–water partition coefficient (Wildman–Crippen LogP) is 3.58. The highest BCUT2D eigenvalue weighted by Gasteiger charge is 2.30. The van der Waals surface area contributed by atoms with Crippen LogP contribution in [0.15, 0.2) is 53.4 Å². The molecule has 0 unspecified atom stereocenters. The van der Waals surface area contributed by atoms with Crippen molar-refractivity contribution < 1.29 is 21.6 Å². The fourth-order valence-corrected chi connectivity index (χ4v) is 6.39. The maximum Gasteiger partial charge on any atom is 0.261 e. The molecule has 1 heterocycles. The molecule has 8 nitrogen and oxygen atoms in total. The van der Waals surface area contributed by atoms with E-state index in [9.17, 15) is 21.6 Å². The van der Waals surface area contributed by atoms with E-state index in [2.05, 4.69) is 10.0 Å². The summed E-state index contributed by atoms with van der Waals surface area (Å²) in [6.07, 6.45) is 2.42. The van der Waals surface area contributed by atoms with Gasteiger partial charge in [-0.1, -0.05) is 31.0 Å². The molecule has 0 aromatic heterocycles. The van der Waals surface area contributed by atoms with Crippen LogP contribution in [-0.4, -0.2) is 45.9 Å². The molecule has 2 aromatic rings. The third-order valence-corrected chi connectivity index (χ3v) is 9.06. The van der Waals surface area contributed by atoms with Crippen molar-refractivity contribution in [3.05, 3.63) is 54.1 Å². The van der Waals surface area contributed by atoms with E-state index in [0.29, 0.717) is 43.7 Å². The van der Waals surface area contributed by atoms with E-state index in [1.54, 1.807) is 48.5 Å². The maximum absolute atomic E-state index is 12.6. The number of nitrogens with one attached hydrogen (secondary N) is 2. The fraction of sp³-hybridized carbons (Fsp3) is 0.435. The molecule has 1 amide bonds. The first-order valence-corrected chi connectivity index (χ1v) is 14.2. The van der Waals surface area contributed by atoms with Gasteiger partial charge in [0.1, 0.15) is 0 Å². The highest BCUT2D eigenvalue weighted by atomic mass is 32.2. The molecule has 33 heavy (non-hydrogen) atoms. The molecule has 0 aliphatic carbocycles. The van der Waals surface area contributed by atoms with Crippen LogP contribution in [0.1, 0.15) is 38.2 Å². The molecule has 180 valence electrons. The van der Waals surface area contributed by atoms with Crippen LogP contribution in [0.5, 0.6) is 0 Å². The molecule has 0 saturated carbocycles. The first-order valence-electron chi connectivity index (χ1n) is 11.1. The van der Waals surface area contributed by atoms with Gasteiger partial charge in [0, 0.05) is 30.4 Å². The van der Waals surface area contributed by atoms with Gasteiger partial charge in [-0.05, 0) is 62.6 Å². The lowest BCUT2D eigenvalue weighted by atomic mass is 9.97. The quantitative estimate of drug-likeness (QED) is 0.554. The summed E-state index contributed by atoms with van der Waals surface area (Å²) in [7, 11) is -6.95. The molecule has 0 bridgehead atoms. The Morgan fingerprint density at radius 2 is 1.52 bits per heavy atom.